The molecule has 2 aliphatic rings. The molecule has 2 fully saturated rings. The van der Waals surface area contributed by atoms with E-state index in [4.69, 9.17) is 0 Å². The quantitative estimate of drug-likeness (QED) is 0.920. The zero-order valence-electron chi connectivity index (χ0n) is 10.7. The SMILES string of the molecule is CS(=O)(=O)c1c(C2CC2)ccc(C(=O)O)c1C1CC1. The molecule has 0 aromatic heterocycles. The summed E-state index contributed by atoms with van der Waals surface area (Å²) in [6, 6.07) is 3.28. The zero-order chi connectivity index (χ0) is 13.8. The topological polar surface area (TPSA) is 71.4 Å². The van der Waals surface area contributed by atoms with Crippen molar-refractivity contribution >= 4 is 15.8 Å². The molecule has 1 aromatic rings. The fraction of sp³-hybridized carbons (Fsp3) is 0.500. The number of sulfone groups is 1. The normalized spacial score (nSPS) is 19.4. The van der Waals surface area contributed by atoms with Gasteiger partial charge < -0.3 is 5.11 Å². The molecule has 1 N–H and O–H groups in total. The monoisotopic (exact) mass is 280 g/mol. The lowest BCUT2D eigenvalue weighted by Crippen LogP contribution is -2.12. The van der Waals surface area contributed by atoms with Crippen LogP contribution in [0.1, 0.15) is 59.0 Å². The van der Waals surface area contributed by atoms with Crippen molar-refractivity contribution < 1.29 is 18.3 Å². The molecule has 5 heteroatoms. The third kappa shape index (κ3) is 2.27. The van der Waals surface area contributed by atoms with Crippen molar-refractivity contribution in [1.82, 2.24) is 0 Å². The van der Waals surface area contributed by atoms with Crippen LogP contribution < -0.4 is 0 Å². The number of rotatable bonds is 4. The number of hydrogen-bond acceptors (Lipinski definition) is 3. The summed E-state index contributed by atoms with van der Waals surface area (Å²) in [4.78, 5) is 11.6. The minimum absolute atomic E-state index is 0.106. The van der Waals surface area contributed by atoms with Crippen LogP contribution in [0.3, 0.4) is 0 Å². The van der Waals surface area contributed by atoms with Crippen molar-refractivity contribution in [3.63, 3.8) is 0 Å². The van der Waals surface area contributed by atoms with Gasteiger partial charge in [-0.2, -0.15) is 0 Å². The Morgan fingerprint density at radius 2 is 1.74 bits per heavy atom. The fourth-order valence-electron chi connectivity index (χ4n) is 2.71. The predicted octanol–water partition coefficient (Wildman–Crippen LogP) is 2.54. The Hall–Kier alpha value is -1.36. The Morgan fingerprint density at radius 1 is 1.16 bits per heavy atom. The lowest BCUT2D eigenvalue weighted by Gasteiger charge is -2.15. The van der Waals surface area contributed by atoms with E-state index in [-0.39, 0.29) is 11.5 Å². The number of carboxylic acid groups (broad SMARTS) is 1. The maximum atomic E-state index is 12.1. The summed E-state index contributed by atoms with van der Waals surface area (Å²) in [5.41, 5.74) is 1.54. The number of carbonyl (C=O) groups is 1. The first-order chi connectivity index (χ1) is 8.89. The van der Waals surface area contributed by atoms with Crippen LogP contribution >= 0.6 is 0 Å². The van der Waals surface area contributed by atoms with Crippen LogP contribution in [0.25, 0.3) is 0 Å². The van der Waals surface area contributed by atoms with Crippen LogP contribution in [0.2, 0.25) is 0 Å². The zero-order valence-corrected chi connectivity index (χ0v) is 11.5. The van der Waals surface area contributed by atoms with Crippen LogP contribution in [-0.2, 0) is 9.84 Å². The lowest BCUT2D eigenvalue weighted by molar-refractivity contribution is 0.0695. The Kier molecular flexibility index (Phi) is 2.71. The van der Waals surface area contributed by atoms with Crippen molar-refractivity contribution in [3.05, 3.63) is 28.8 Å². The maximum absolute atomic E-state index is 12.1. The summed E-state index contributed by atoms with van der Waals surface area (Å²) in [5.74, 6) is -0.631. The first kappa shape index (κ1) is 12.7. The summed E-state index contributed by atoms with van der Waals surface area (Å²) < 4.78 is 24.2. The molecule has 19 heavy (non-hydrogen) atoms. The number of hydrogen-bond donors (Lipinski definition) is 1. The van der Waals surface area contributed by atoms with Gasteiger partial charge in [-0.25, -0.2) is 13.2 Å². The second kappa shape index (κ2) is 4.07. The third-order valence-corrected chi connectivity index (χ3v) is 5.03. The smallest absolute Gasteiger partial charge is 0.336 e. The van der Waals surface area contributed by atoms with E-state index in [9.17, 15) is 18.3 Å². The van der Waals surface area contributed by atoms with Crippen molar-refractivity contribution in [2.75, 3.05) is 6.26 Å². The number of aromatic carboxylic acids is 1. The molecule has 2 saturated carbocycles. The number of benzene rings is 1. The van der Waals surface area contributed by atoms with Gasteiger partial charge >= 0.3 is 5.97 Å². The summed E-state index contributed by atoms with van der Waals surface area (Å²) in [6.07, 6.45) is 4.96. The van der Waals surface area contributed by atoms with Crippen LogP contribution in [-0.4, -0.2) is 25.7 Å². The fourth-order valence-corrected chi connectivity index (χ4v) is 4.05. The average Bonchev–Trinajstić information content (AvgIpc) is 3.15. The van der Waals surface area contributed by atoms with E-state index < -0.39 is 15.8 Å². The minimum atomic E-state index is -3.39. The molecule has 0 amide bonds. The number of carboxylic acids is 1. The summed E-state index contributed by atoms with van der Waals surface area (Å²) in [6.45, 7) is 0. The maximum Gasteiger partial charge on any atom is 0.336 e. The van der Waals surface area contributed by atoms with Crippen molar-refractivity contribution in [2.45, 2.75) is 42.4 Å². The van der Waals surface area contributed by atoms with E-state index in [1.165, 1.54) is 6.26 Å². The lowest BCUT2D eigenvalue weighted by atomic mass is 9.98. The van der Waals surface area contributed by atoms with Gasteiger partial charge in [-0.3, -0.25) is 0 Å². The standard InChI is InChI=1S/C14H16O4S/c1-19(17,18)13-10(8-2-3-8)6-7-11(14(15)16)12(13)9-4-5-9/h6-9H,2-5H2,1H3,(H,15,16). The Balaban J connectivity index is 2.31. The molecule has 1 aromatic carbocycles. The molecule has 4 nitrogen and oxygen atoms in total. The minimum Gasteiger partial charge on any atom is -0.478 e. The van der Waals surface area contributed by atoms with Gasteiger partial charge in [-0.05, 0) is 54.7 Å². The molecule has 0 atom stereocenters. The highest BCUT2D eigenvalue weighted by molar-refractivity contribution is 7.90. The summed E-state index contributed by atoms with van der Waals surface area (Å²) in [5, 5.41) is 9.28. The largest absolute Gasteiger partial charge is 0.478 e. The van der Waals surface area contributed by atoms with Crippen LogP contribution in [0, 0.1) is 0 Å². The Labute approximate surface area is 112 Å². The Bertz CT molecular complexity index is 652. The molecule has 0 bridgehead atoms. The van der Waals surface area contributed by atoms with Crippen molar-refractivity contribution in [3.8, 4) is 0 Å². The van der Waals surface area contributed by atoms with Crippen LogP contribution in [0.15, 0.2) is 17.0 Å². The highest BCUT2D eigenvalue weighted by Gasteiger charge is 2.38. The molecule has 0 aliphatic heterocycles. The van der Waals surface area contributed by atoms with E-state index in [1.54, 1.807) is 12.1 Å². The highest BCUT2D eigenvalue weighted by atomic mass is 32.2. The second-order valence-electron chi connectivity index (χ2n) is 5.57. The summed E-state index contributed by atoms with van der Waals surface area (Å²) in [7, 11) is -3.39. The molecule has 0 radical (unpaired) electrons. The molecule has 0 saturated heterocycles. The first-order valence-corrected chi connectivity index (χ1v) is 8.39. The molecular formula is C14H16O4S. The van der Waals surface area contributed by atoms with Crippen molar-refractivity contribution in [1.29, 1.82) is 0 Å². The van der Waals surface area contributed by atoms with Gasteiger partial charge in [0.15, 0.2) is 9.84 Å². The predicted molar refractivity (Wildman–Crippen MR) is 70.5 cm³/mol. The van der Waals surface area contributed by atoms with Gasteiger partial charge in [0.2, 0.25) is 0 Å². The molecular weight excluding hydrogens is 264 g/mol. The molecule has 2 aliphatic carbocycles. The van der Waals surface area contributed by atoms with E-state index in [0.29, 0.717) is 16.4 Å². The van der Waals surface area contributed by atoms with Crippen LogP contribution in [0.4, 0.5) is 0 Å². The highest BCUT2D eigenvalue weighted by Crippen LogP contribution is 2.50. The molecule has 0 spiro atoms. The van der Waals surface area contributed by atoms with E-state index in [2.05, 4.69) is 0 Å². The van der Waals surface area contributed by atoms with Gasteiger partial charge in [0.05, 0.1) is 10.5 Å². The van der Waals surface area contributed by atoms with Gasteiger partial charge in [0, 0.05) is 6.26 Å². The second-order valence-corrected chi connectivity index (χ2v) is 7.52. The molecule has 0 heterocycles. The molecule has 0 unspecified atom stereocenters. The third-order valence-electron chi connectivity index (χ3n) is 3.83. The summed E-state index contributed by atoms with van der Waals surface area (Å²) >= 11 is 0. The average molecular weight is 280 g/mol. The van der Waals surface area contributed by atoms with E-state index in [1.807, 2.05) is 0 Å². The van der Waals surface area contributed by atoms with E-state index in [0.717, 1.165) is 31.2 Å². The van der Waals surface area contributed by atoms with E-state index >= 15 is 0 Å². The van der Waals surface area contributed by atoms with Gasteiger partial charge in [0.25, 0.3) is 0 Å². The van der Waals surface area contributed by atoms with Gasteiger partial charge in [-0.1, -0.05) is 6.07 Å². The van der Waals surface area contributed by atoms with Gasteiger partial charge in [0.1, 0.15) is 0 Å². The first-order valence-electron chi connectivity index (χ1n) is 6.49. The molecule has 102 valence electrons. The van der Waals surface area contributed by atoms with Gasteiger partial charge in [-0.15, -0.1) is 0 Å². The molecule has 3 rings (SSSR count). The Morgan fingerprint density at radius 3 is 2.16 bits per heavy atom. The van der Waals surface area contributed by atoms with Crippen molar-refractivity contribution in [2.24, 2.45) is 0 Å². The van der Waals surface area contributed by atoms with Crippen LogP contribution in [0.5, 0.6) is 0 Å².